The Morgan fingerprint density at radius 1 is 1.28 bits per heavy atom. The molecule has 2 aromatic rings. The van der Waals surface area contributed by atoms with Crippen LogP contribution in [0.2, 0.25) is 5.02 Å². The monoisotopic (exact) mass is 468 g/mol. The van der Waals surface area contributed by atoms with E-state index in [1.165, 1.54) is 25.1 Å². The van der Waals surface area contributed by atoms with Crippen molar-refractivity contribution in [3.05, 3.63) is 63.9 Å². The minimum atomic E-state index is -3.54. The van der Waals surface area contributed by atoms with E-state index in [2.05, 4.69) is 15.3 Å². The SMILES string of the molecule is Cc1cc(C2=NNC(=O)CC2C)c(F)c(Cl)c1OCC(F)(F)COC(=O)c1ccccc1. The van der Waals surface area contributed by atoms with E-state index in [9.17, 15) is 22.8 Å². The first-order chi connectivity index (χ1) is 15.1. The number of alkyl halides is 2. The molecular weight excluding hydrogens is 449 g/mol. The predicted octanol–water partition coefficient (Wildman–Crippen LogP) is 4.52. The van der Waals surface area contributed by atoms with Crippen LogP contribution in [-0.2, 0) is 9.53 Å². The summed E-state index contributed by atoms with van der Waals surface area (Å²) in [6.07, 6.45) is 0.126. The molecule has 1 aliphatic rings. The van der Waals surface area contributed by atoms with Crippen molar-refractivity contribution in [3.8, 4) is 5.75 Å². The van der Waals surface area contributed by atoms with Crippen LogP contribution >= 0.6 is 11.6 Å². The minimum absolute atomic E-state index is 0.0518. The second-order valence-electron chi connectivity index (χ2n) is 7.42. The number of halogens is 4. The standard InChI is InChI=1S/C22H20ClF3N2O4/c1-12-9-16(29)27-28-19(12)15-8-13(2)20(17(23)18(15)24)31-10-22(25,26)11-32-21(30)14-6-4-3-5-7-14/h3-8,12H,9-11H2,1-2H3,(H,27,29). The lowest BCUT2D eigenvalue weighted by Gasteiger charge is -2.22. The second kappa shape index (κ2) is 9.60. The van der Waals surface area contributed by atoms with Crippen molar-refractivity contribution in [1.29, 1.82) is 0 Å². The number of carbonyl (C=O) groups excluding carboxylic acids is 2. The van der Waals surface area contributed by atoms with E-state index in [-0.39, 0.29) is 40.8 Å². The van der Waals surface area contributed by atoms with Crippen molar-refractivity contribution in [3.63, 3.8) is 0 Å². The highest BCUT2D eigenvalue weighted by Gasteiger charge is 2.34. The van der Waals surface area contributed by atoms with Crippen LogP contribution in [0, 0.1) is 18.7 Å². The number of nitrogens with zero attached hydrogens (tertiary/aromatic N) is 1. The Labute approximate surface area is 187 Å². The Hall–Kier alpha value is -3.07. The molecule has 1 atom stereocenters. The van der Waals surface area contributed by atoms with Gasteiger partial charge in [-0.15, -0.1) is 0 Å². The zero-order chi connectivity index (χ0) is 23.5. The molecule has 0 fully saturated rings. The summed E-state index contributed by atoms with van der Waals surface area (Å²) >= 11 is 6.06. The predicted molar refractivity (Wildman–Crippen MR) is 112 cm³/mol. The molecular formula is C22H20ClF3N2O4. The lowest BCUT2D eigenvalue weighted by Crippen LogP contribution is -2.33. The van der Waals surface area contributed by atoms with E-state index in [0.717, 1.165) is 0 Å². The maximum atomic E-state index is 14.9. The molecule has 1 N–H and O–H groups in total. The fourth-order valence-electron chi connectivity index (χ4n) is 3.13. The highest BCUT2D eigenvalue weighted by atomic mass is 35.5. The zero-order valence-electron chi connectivity index (χ0n) is 17.3. The van der Waals surface area contributed by atoms with Crippen molar-refractivity contribution in [2.24, 2.45) is 11.0 Å². The van der Waals surface area contributed by atoms with Gasteiger partial charge in [0.1, 0.15) is 10.8 Å². The van der Waals surface area contributed by atoms with Crippen molar-refractivity contribution in [2.45, 2.75) is 26.2 Å². The van der Waals surface area contributed by atoms with Crippen LogP contribution in [0.1, 0.15) is 34.8 Å². The van der Waals surface area contributed by atoms with Crippen molar-refractivity contribution in [2.75, 3.05) is 13.2 Å². The summed E-state index contributed by atoms with van der Waals surface area (Å²) in [5.41, 5.74) is 3.07. The lowest BCUT2D eigenvalue weighted by molar-refractivity contribution is -0.121. The number of esters is 1. The molecule has 1 heterocycles. The van der Waals surface area contributed by atoms with Gasteiger partial charge in [-0.25, -0.2) is 14.6 Å². The van der Waals surface area contributed by atoms with Crippen LogP contribution in [0.3, 0.4) is 0 Å². The molecule has 1 amide bonds. The number of ether oxygens (including phenoxy) is 2. The van der Waals surface area contributed by atoms with Gasteiger partial charge in [0, 0.05) is 17.9 Å². The molecule has 6 nitrogen and oxygen atoms in total. The van der Waals surface area contributed by atoms with Gasteiger partial charge >= 0.3 is 11.9 Å². The molecule has 10 heteroatoms. The van der Waals surface area contributed by atoms with Crippen LogP contribution in [0.4, 0.5) is 13.2 Å². The first kappa shape index (κ1) is 23.6. The van der Waals surface area contributed by atoms with Gasteiger partial charge in [0.15, 0.2) is 19.0 Å². The molecule has 2 aromatic carbocycles. The molecule has 32 heavy (non-hydrogen) atoms. The first-order valence-corrected chi connectivity index (χ1v) is 10.0. The Kier molecular flexibility index (Phi) is 7.08. The molecule has 0 bridgehead atoms. The lowest BCUT2D eigenvalue weighted by atomic mass is 9.92. The van der Waals surface area contributed by atoms with Gasteiger partial charge in [-0.3, -0.25) is 4.79 Å². The molecule has 0 aliphatic carbocycles. The van der Waals surface area contributed by atoms with E-state index in [1.54, 1.807) is 25.1 Å². The summed E-state index contributed by atoms with van der Waals surface area (Å²) in [4.78, 5) is 23.3. The van der Waals surface area contributed by atoms with E-state index < -0.39 is 35.9 Å². The third-order valence-corrected chi connectivity index (χ3v) is 5.07. The quantitative estimate of drug-likeness (QED) is 0.606. The number of nitrogens with one attached hydrogen (secondary N) is 1. The summed E-state index contributed by atoms with van der Waals surface area (Å²) in [6.45, 7) is 0.833. The summed E-state index contributed by atoms with van der Waals surface area (Å²) in [7, 11) is 0. The summed E-state index contributed by atoms with van der Waals surface area (Å²) in [5, 5.41) is 3.41. The minimum Gasteiger partial charge on any atom is -0.485 e. The fourth-order valence-corrected chi connectivity index (χ4v) is 3.43. The average molecular weight is 469 g/mol. The van der Waals surface area contributed by atoms with Gasteiger partial charge in [-0.1, -0.05) is 36.7 Å². The number of amides is 1. The number of benzene rings is 2. The number of hydrogen-bond acceptors (Lipinski definition) is 5. The van der Waals surface area contributed by atoms with Crippen LogP contribution in [0.25, 0.3) is 0 Å². The van der Waals surface area contributed by atoms with E-state index in [4.69, 9.17) is 16.3 Å². The first-order valence-electron chi connectivity index (χ1n) is 9.67. The van der Waals surface area contributed by atoms with Crippen LogP contribution < -0.4 is 10.2 Å². The van der Waals surface area contributed by atoms with E-state index in [1.807, 2.05) is 0 Å². The Morgan fingerprint density at radius 2 is 1.97 bits per heavy atom. The van der Waals surface area contributed by atoms with Gasteiger partial charge in [0.25, 0.3) is 0 Å². The Morgan fingerprint density at radius 3 is 2.62 bits per heavy atom. The van der Waals surface area contributed by atoms with E-state index >= 15 is 0 Å². The van der Waals surface area contributed by atoms with Crippen LogP contribution in [0.5, 0.6) is 5.75 Å². The molecule has 0 spiro atoms. The maximum absolute atomic E-state index is 14.9. The fraction of sp³-hybridized carbons (Fsp3) is 0.318. The molecule has 0 radical (unpaired) electrons. The molecule has 0 saturated heterocycles. The molecule has 170 valence electrons. The maximum Gasteiger partial charge on any atom is 0.338 e. The molecule has 3 rings (SSSR count). The van der Waals surface area contributed by atoms with Crippen molar-refractivity contribution in [1.82, 2.24) is 5.43 Å². The third kappa shape index (κ3) is 5.40. The average Bonchev–Trinajstić information content (AvgIpc) is 2.75. The van der Waals surface area contributed by atoms with Gasteiger partial charge in [-0.2, -0.15) is 13.9 Å². The van der Waals surface area contributed by atoms with Crippen LogP contribution in [0.15, 0.2) is 41.5 Å². The Balaban J connectivity index is 1.70. The smallest absolute Gasteiger partial charge is 0.338 e. The van der Waals surface area contributed by atoms with Gasteiger partial charge in [0.05, 0.1) is 11.3 Å². The molecule has 0 aromatic heterocycles. The molecule has 1 unspecified atom stereocenters. The topological polar surface area (TPSA) is 77.0 Å². The number of hydrogen-bond donors (Lipinski definition) is 1. The van der Waals surface area contributed by atoms with Gasteiger partial charge < -0.3 is 9.47 Å². The third-order valence-electron chi connectivity index (χ3n) is 4.73. The Bertz CT molecular complexity index is 1060. The van der Waals surface area contributed by atoms with Crippen molar-refractivity contribution < 1.29 is 32.2 Å². The number of hydrazone groups is 1. The zero-order valence-corrected chi connectivity index (χ0v) is 18.0. The number of aryl methyl sites for hydroxylation is 1. The number of carbonyl (C=O) groups is 2. The molecule has 0 saturated carbocycles. The van der Waals surface area contributed by atoms with E-state index in [0.29, 0.717) is 5.56 Å². The molecule has 1 aliphatic heterocycles. The largest absolute Gasteiger partial charge is 0.485 e. The van der Waals surface area contributed by atoms with Gasteiger partial charge in [-0.05, 0) is 30.7 Å². The second-order valence-corrected chi connectivity index (χ2v) is 7.80. The van der Waals surface area contributed by atoms with Gasteiger partial charge in [0.2, 0.25) is 5.91 Å². The summed E-state index contributed by atoms with van der Waals surface area (Å²) < 4.78 is 53.1. The highest BCUT2D eigenvalue weighted by Crippen LogP contribution is 2.36. The number of rotatable bonds is 7. The summed E-state index contributed by atoms with van der Waals surface area (Å²) in [5.74, 6) is -6.24. The van der Waals surface area contributed by atoms with Crippen LogP contribution in [-0.4, -0.2) is 36.7 Å². The van der Waals surface area contributed by atoms with Crippen molar-refractivity contribution >= 4 is 29.2 Å². The normalized spacial score (nSPS) is 16.2. The highest BCUT2D eigenvalue weighted by molar-refractivity contribution is 6.33. The summed E-state index contributed by atoms with van der Waals surface area (Å²) in [6, 6.07) is 9.08.